The second-order valence-electron chi connectivity index (χ2n) is 5.45. The number of anilines is 1. The van der Waals surface area contributed by atoms with Gasteiger partial charge < -0.3 is 15.0 Å². The average Bonchev–Trinajstić information content (AvgIpc) is 2.39. The molecule has 1 aromatic carbocycles. The van der Waals surface area contributed by atoms with Crippen molar-refractivity contribution in [2.75, 3.05) is 32.2 Å². The standard InChI is InChI=1S/C16H28N2O/c1-6-19-12-16(13(2)3)17-11-14-7-9-15(10-8-14)18(4)5/h7-10,13,16-17H,6,11-12H2,1-5H3. The molecule has 0 spiro atoms. The van der Waals surface area contributed by atoms with Crippen molar-refractivity contribution in [3.05, 3.63) is 29.8 Å². The summed E-state index contributed by atoms with van der Waals surface area (Å²) in [6.45, 7) is 8.95. The molecule has 0 bridgehead atoms. The summed E-state index contributed by atoms with van der Waals surface area (Å²) in [5, 5.41) is 3.58. The summed E-state index contributed by atoms with van der Waals surface area (Å²) in [5.41, 5.74) is 2.55. The highest BCUT2D eigenvalue weighted by atomic mass is 16.5. The smallest absolute Gasteiger partial charge is 0.0622 e. The van der Waals surface area contributed by atoms with Crippen LogP contribution >= 0.6 is 0 Å². The minimum absolute atomic E-state index is 0.411. The Hall–Kier alpha value is -1.06. The van der Waals surface area contributed by atoms with Crippen molar-refractivity contribution in [2.24, 2.45) is 5.92 Å². The molecule has 1 atom stereocenters. The van der Waals surface area contributed by atoms with Gasteiger partial charge in [0, 0.05) is 39.0 Å². The molecule has 0 amide bonds. The lowest BCUT2D eigenvalue weighted by atomic mass is 10.0. The van der Waals surface area contributed by atoms with Gasteiger partial charge in [-0.15, -0.1) is 0 Å². The Labute approximate surface area is 118 Å². The van der Waals surface area contributed by atoms with Gasteiger partial charge in [-0.3, -0.25) is 0 Å². The Balaban J connectivity index is 2.49. The maximum absolute atomic E-state index is 5.53. The molecule has 0 radical (unpaired) electrons. The van der Waals surface area contributed by atoms with E-state index in [2.05, 4.69) is 62.4 Å². The van der Waals surface area contributed by atoms with Gasteiger partial charge >= 0.3 is 0 Å². The van der Waals surface area contributed by atoms with E-state index in [0.717, 1.165) is 19.8 Å². The molecule has 0 aliphatic carbocycles. The topological polar surface area (TPSA) is 24.5 Å². The van der Waals surface area contributed by atoms with Crippen molar-refractivity contribution < 1.29 is 4.74 Å². The van der Waals surface area contributed by atoms with Gasteiger partial charge in [0.1, 0.15) is 0 Å². The van der Waals surface area contributed by atoms with Gasteiger partial charge in [-0.1, -0.05) is 26.0 Å². The van der Waals surface area contributed by atoms with Crippen LogP contribution in [0.3, 0.4) is 0 Å². The summed E-state index contributed by atoms with van der Waals surface area (Å²) in [4.78, 5) is 2.11. The Bertz CT molecular complexity index is 346. The quantitative estimate of drug-likeness (QED) is 0.781. The van der Waals surface area contributed by atoms with E-state index < -0.39 is 0 Å². The molecule has 0 fully saturated rings. The first kappa shape index (κ1) is 16.0. The van der Waals surface area contributed by atoms with Crippen LogP contribution in [0.4, 0.5) is 5.69 Å². The average molecular weight is 264 g/mol. The third kappa shape index (κ3) is 5.62. The van der Waals surface area contributed by atoms with Crippen LogP contribution in [0.5, 0.6) is 0 Å². The van der Waals surface area contributed by atoms with Gasteiger partial charge in [0.15, 0.2) is 0 Å². The van der Waals surface area contributed by atoms with Crippen LogP contribution in [-0.2, 0) is 11.3 Å². The minimum atomic E-state index is 0.411. The fourth-order valence-corrected chi connectivity index (χ4v) is 1.89. The molecule has 0 saturated carbocycles. The molecule has 3 nitrogen and oxygen atoms in total. The molecule has 19 heavy (non-hydrogen) atoms. The highest BCUT2D eigenvalue weighted by Gasteiger charge is 2.12. The van der Waals surface area contributed by atoms with E-state index in [1.54, 1.807) is 0 Å². The summed E-state index contributed by atoms with van der Waals surface area (Å²) in [6.07, 6.45) is 0. The van der Waals surface area contributed by atoms with Crippen molar-refractivity contribution in [3.63, 3.8) is 0 Å². The fourth-order valence-electron chi connectivity index (χ4n) is 1.89. The number of nitrogens with one attached hydrogen (secondary N) is 1. The monoisotopic (exact) mass is 264 g/mol. The van der Waals surface area contributed by atoms with Gasteiger partial charge in [0.25, 0.3) is 0 Å². The second kappa shape index (κ2) is 8.18. The van der Waals surface area contributed by atoms with E-state index >= 15 is 0 Å². The Kier molecular flexibility index (Phi) is 6.89. The molecule has 0 aromatic heterocycles. The third-order valence-electron chi connectivity index (χ3n) is 3.33. The molecule has 3 heteroatoms. The fraction of sp³-hybridized carbons (Fsp3) is 0.625. The highest BCUT2D eigenvalue weighted by Crippen LogP contribution is 2.12. The molecule has 0 aliphatic rings. The number of nitrogens with zero attached hydrogens (tertiary/aromatic N) is 1. The zero-order valence-corrected chi connectivity index (χ0v) is 12.9. The molecule has 0 heterocycles. The summed E-state index contributed by atoms with van der Waals surface area (Å²) in [5.74, 6) is 0.576. The molecule has 1 aromatic rings. The summed E-state index contributed by atoms with van der Waals surface area (Å²) in [6, 6.07) is 9.09. The van der Waals surface area contributed by atoms with Crippen LogP contribution < -0.4 is 10.2 Å². The lowest BCUT2D eigenvalue weighted by Crippen LogP contribution is -2.37. The van der Waals surface area contributed by atoms with E-state index in [9.17, 15) is 0 Å². The predicted molar refractivity (Wildman–Crippen MR) is 82.7 cm³/mol. The van der Waals surface area contributed by atoms with Gasteiger partial charge in [0.2, 0.25) is 0 Å². The normalized spacial score (nSPS) is 12.7. The molecule has 1 unspecified atom stereocenters. The molecule has 108 valence electrons. The number of rotatable bonds is 8. The van der Waals surface area contributed by atoms with Crippen LogP contribution in [0, 0.1) is 5.92 Å². The van der Waals surface area contributed by atoms with Crippen molar-refractivity contribution in [2.45, 2.75) is 33.4 Å². The lowest BCUT2D eigenvalue weighted by Gasteiger charge is -2.22. The van der Waals surface area contributed by atoms with Gasteiger partial charge in [-0.25, -0.2) is 0 Å². The van der Waals surface area contributed by atoms with Crippen molar-refractivity contribution in [1.29, 1.82) is 0 Å². The number of hydrogen-bond acceptors (Lipinski definition) is 3. The van der Waals surface area contributed by atoms with E-state index in [-0.39, 0.29) is 0 Å². The van der Waals surface area contributed by atoms with Crippen molar-refractivity contribution in [1.82, 2.24) is 5.32 Å². The van der Waals surface area contributed by atoms with Crippen LogP contribution in [-0.4, -0.2) is 33.4 Å². The first-order valence-electron chi connectivity index (χ1n) is 7.12. The largest absolute Gasteiger partial charge is 0.380 e. The molecule has 0 aliphatic heterocycles. The van der Waals surface area contributed by atoms with Gasteiger partial charge in [-0.2, -0.15) is 0 Å². The molecule has 0 saturated heterocycles. The van der Waals surface area contributed by atoms with Crippen molar-refractivity contribution in [3.8, 4) is 0 Å². The summed E-state index contributed by atoms with van der Waals surface area (Å²) < 4.78 is 5.53. The maximum atomic E-state index is 5.53. The predicted octanol–water partition coefficient (Wildman–Crippen LogP) is 2.90. The van der Waals surface area contributed by atoms with Gasteiger partial charge in [-0.05, 0) is 30.5 Å². The Morgan fingerprint density at radius 3 is 2.26 bits per heavy atom. The summed E-state index contributed by atoms with van der Waals surface area (Å²) in [7, 11) is 4.12. The number of ether oxygens (including phenoxy) is 1. The maximum Gasteiger partial charge on any atom is 0.0622 e. The number of hydrogen-bond donors (Lipinski definition) is 1. The second-order valence-corrected chi connectivity index (χ2v) is 5.45. The SMILES string of the molecule is CCOCC(NCc1ccc(N(C)C)cc1)C(C)C. The number of benzene rings is 1. The van der Waals surface area contributed by atoms with E-state index in [0.29, 0.717) is 12.0 Å². The third-order valence-corrected chi connectivity index (χ3v) is 3.33. The minimum Gasteiger partial charge on any atom is -0.380 e. The Morgan fingerprint density at radius 2 is 1.79 bits per heavy atom. The zero-order valence-electron chi connectivity index (χ0n) is 12.9. The first-order chi connectivity index (χ1) is 9.04. The van der Waals surface area contributed by atoms with E-state index in [4.69, 9.17) is 4.74 Å². The van der Waals surface area contributed by atoms with Crippen LogP contribution in [0.25, 0.3) is 0 Å². The Morgan fingerprint density at radius 1 is 1.16 bits per heavy atom. The van der Waals surface area contributed by atoms with Crippen LogP contribution in [0.1, 0.15) is 26.3 Å². The summed E-state index contributed by atoms with van der Waals surface area (Å²) >= 11 is 0. The first-order valence-corrected chi connectivity index (χ1v) is 7.12. The lowest BCUT2D eigenvalue weighted by molar-refractivity contribution is 0.108. The van der Waals surface area contributed by atoms with Crippen LogP contribution in [0.2, 0.25) is 0 Å². The van der Waals surface area contributed by atoms with Crippen LogP contribution in [0.15, 0.2) is 24.3 Å². The van der Waals surface area contributed by atoms with E-state index in [1.807, 2.05) is 6.92 Å². The zero-order chi connectivity index (χ0) is 14.3. The molecular weight excluding hydrogens is 236 g/mol. The van der Waals surface area contributed by atoms with Gasteiger partial charge in [0.05, 0.1) is 6.61 Å². The molecule has 1 rings (SSSR count). The molecular formula is C16H28N2O. The van der Waals surface area contributed by atoms with E-state index in [1.165, 1.54) is 11.3 Å². The highest BCUT2D eigenvalue weighted by molar-refractivity contribution is 5.45. The van der Waals surface area contributed by atoms with Crippen molar-refractivity contribution >= 4 is 5.69 Å². The molecule has 1 N–H and O–H groups in total.